The molecule has 1 atom stereocenters. The summed E-state index contributed by atoms with van der Waals surface area (Å²) < 4.78 is 0. The standard InChI is InChI=1S/C15H30N4.HI/c1-4-9-17-15(16-3)18-10-5-6-11-19-12-7-8-14(2)13-19;/h4,14H,1,5-13H2,2-3H3,(H2,16,17,18);1H. The van der Waals surface area contributed by atoms with Gasteiger partial charge in [-0.3, -0.25) is 4.99 Å². The highest BCUT2D eigenvalue weighted by Crippen LogP contribution is 2.15. The van der Waals surface area contributed by atoms with Crippen molar-refractivity contribution in [2.45, 2.75) is 32.6 Å². The average molecular weight is 394 g/mol. The van der Waals surface area contributed by atoms with E-state index in [4.69, 9.17) is 0 Å². The van der Waals surface area contributed by atoms with Crippen LogP contribution in [-0.4, -0.2) is 50.6 Å². The van der Waals surface area contributed by atoms with Crippen LogP contribution in [0.4, 0.5) is 0 Å². The molecule has 1 fully saturated rings. The number of piperidine rings is 1. The van der Waals surface area contributed by atoms with Gasteiger partial charge in [0.25, 0.3) is 0 Å². The molecule has 0 spiro atoms. The molecule has 1 unspecified atom stereocenters. The molecular formula is C15H31IN4. The number of unbranched alkanes of at least 4 members (excludes halogenated alkanes) is 1. The van der Waals surface area contributed by atoms with Crippen molar-refractivity contribution in [1.29, 1.82) is 0 Å². The van der Waals surface area contributed by atoms with Crippen molar-refractivity contribution in [2.75, 3.05) is 39.8 Å². The molecule has 20 heavy (non-hydrogen) atoms. The van der Waals surface area contributed by atoms with Crippen LogP contribution in [-0.2, 0) is 0 Å². The first-order valence-corrected chi connectivity index (χ1v) is 7.54. The number of rotatable bonds is 7. The Morgan fingerprint density at radius 3 is 2.85 bits per heavy atom. The lowest BCUT2D eigenvalue weighted by Crippen LogP contribution is -2.38. The fourth-order valence-electron chi connectivity index (χ4n) is 2.55. The summed E-state index contributed by atoms with van der Waals surface area (Å²) in [6, 6.07) is 0. The predicted molar refractivity (Wildman–Crippen MR) is 99.0 cm³/mol. The number of nitrogens with zero attached hydrogens (tertiary/aromatic N) is 2. The van der Waals surface area contributed by atoms with Crippen molar-refractivity contribution in [3.8, 4) is 0 Å². The van der Waals surface area contributed by atoms with E-state index in [2.05, 4.69) is 34.0 Å². The van der Waals surface area contributed by atoms with Gasteiger partial charge in [-0.1, -0.05) is 13.0 Å². The number of aliphatic imine (C=N–C) groups is 1. The first-order valence-electron chi connectivity index (χ1n) is 7.54. The van der Waals surface area contributed by atoms with E-state index in [-0.39, 0.29) is 24.0 Å². The molecule has 4 nitrogen and oxygen atoms in total. The lowest BCUT2D eigenvalue weighted by molar-refractivity contribution is 0.181. The lowest BCUT2D eigenvalue weighted by Gasteiger charge is -2.30. The molecule has 5 heteroatoms. The average Bonchev–Trinajstić information content (AvgIpc) is 2.42. The zero-order valence-corrected chi connectivity index (χ0v) is 15.4. The first kappa shape index (κ1) is 19.7. The maximum absolute atomic E-state index is 4.16. The van der Waals surface area contributed by atoms with Crippen LogP contribution >= 0.6 is 24.0 Å². The first-order chi connectivity index (χ1) is 9.26. The zero-order valence-electron chi connectivity index (χ0n) is 13.0. The summed E-state index contributed by atoms with van der Waals surface area (Å²) in [6.07, 6.45) is 7.07. The van der Waals surface area contributed by atoms with E-state index in [0.717, 1.165) is 25.0 Å². The van der Waals surface area contributed by atoms with E-state index < -0.39 is 0 Å². The van der Waals surface area contributed by atoms with E-state index >= 15 is 0 Å². The van der Waals surface area contributed by atoms with Gasteiger partial charge < -0.3 is 15.5 Å². The van der Waals surface area contributed by atoms with Gasteiger partial charge in [-0.2, -0.15) is 0 Å². The molecule has 0 saturated carbocycles. The maximum Gasteiger partial charge on any atom is 0.191 e. The van der Waals surface area contributed by atoms with Crippen LogP contribution in [0.15, 0.2) is 17.6 Å². The van der Waals surface area contributed by atoms with Crippen LogP contribution in [0.2, 0.25) is 0 Å². The topological polar surface area (TPSA) is 39.7 Å². The molecule has 0 radical (unpaired) electrons. The van der Waals surface area contributed by atoms with E-state index in [1.807, 2.05) is 6.08 Å². The Kier molecular flexibility index (Phi) is 12.3. The minimum Gasteiger partial charge on any atom is -0.356 e. The third-order valence-electron chi connectivity index (χ3n) is 3.57. The molecule has 2 N–H and O–H groups in total. The molecule has 0 bridgehead atoms. The Balaban J connectivity index is 0.00000361. The predicted octanol–water partition coefficient (Wildman–Crippen LogP) is 2.47. The zero-order chi connectivity index (χ0) is 13.9. The highest BCUT2D eigenvalue weighted by molar-refractivity contribution is 14.0. The van der Waals surface area contributed by atoms with Gasteiger partial charge in [-0.05, 0) is 44.7 Å². The minimum absolute atomic E-state index is 0. The van der Waals surface area contributed by atoms with Gasteiger partial charge in [-0.15, -0.1) is 30.6 Å². The summed E-state index contributed by atoms with van der Waals surface area (Å²) in [5.41, 5.74) is 0. The van der Waals surface area contributed by atoms with E-state index in [1.165, 1.54) is 45.3 Å². The Morgan fingerprint density at radius 1 is 1.40 bits per heavy atom. The van der Waals surface area contributed by atoms with Crippen molar-refractivity contribution in [2.24, 2.45) is 10.9 Å². The Labute approximate surface area is 141 Å². The van der Waals surface area contributed by atoms with Crippen molar-refractivity contribution >= 4 is 29.9 Å². The summed E-state index contributed by atoms with van der Waals surface area (Å²) in [6.45, 7) is 11.6. The molecule has 0 amide bonds. The number of likely N-dealkylation sites (tertiary alicyclic amines) is 1. The molecule has 1 aliphatic heterocycles. The SMILES string of the molecule is C=CCNC(=NC)NCCCCN1CCCC(C)C1.I. The molecule has 1 aliphatic rings. The summed E-state index contributed by atoms with van der Waals surface area (Å²) in [4.78, 5) is 6.77. The molecule has 0 aromatic rings. The number of hydrogen-bond acceptors (Lipinski definition) is 2. The fourth-order valence-corrected chi connectivity index (χ4v) is 2.55. The van der Waals surface area contributed by atoms with Crippen molar-refractivity contribution < 1.29 is 0 Å². The molecule has 0 aromatic heterocycles. The molecule has 1 heterocycles. The molecule has 0 aliphatic carbocycles. The number of halogens is 1. The highest BCUT2D eigenvalue weighted by Gasteiger charge is 2.15. The van der Waals surface area contributed by atoms with Gasteiger partial charge in [-0.25, -0.2) is 0 Å². The van der Waals surface area contributed by atoms with Gasteiger partial charge in [0.15, 0.2) is 5.96 Å². The van der Waals surface area contributed by atoms with E-state index in [0.29, 0.717) is 0 Å². The normalized spacial score (nSPS) is 20.1. The number of hydrogen-bond donors (Lipinski definition) is 2. The van der Waals surface area contributed by atoms with Crippen molar-refractivity contribution in [3.63, 3.8) is 0 Å². The minimum atomic E-state index is 0. The largest absolute Gasteiger partial charge is 0.356 e. The molecule has 1 rings (SSSR count). The van der Waals surface area contributed by atoms with Crippen LogP contribution in [0.3, 0.4) is 0 Å². The number of nitrogens with one attached hydrogen (secondary N) is 2. The summed E-state index contributed by atoms with van der Waals surface area (Å²) in [5, 5.41) is 6.50. The molecule has 0 aromatic carbocycles. The molecular weight excluding hydrogens is 363 g/mol. The molecule has 1 saturated heterocycles. The van der Waals surface area contributed by atoms with Crippen LogP contribution in [0.1, 0.15) is 32.6 Å². The van der Waals surface area contributed by atoms with E-state index in [1.54, 1.807) is 7.05 Å². The van der Waals surface area contributed by atoms with Crippen LogP contribution < -0.4 is 10.6 Å². The second-order valence-electron chi connectivity index (χ2n) is 5.42. The third kappa shape index (κ3) is 8.79. The van der Waals surface area contributed by atoms with Gasteiger partial charge >= 0.3 is 0 Å². The maximum atomic E-state index is 4.16. The summed E-state index contributed by atoms with van der Waals surface area (Å²) in [5.74, 6) is 1.75. The third-order valence-corrected chi connectivity index (χ3v) is 3.57. The Hall–Kier alpha value is -0.300. The van der Waals surface area contributed by atoms with Crippen molar-refractivity contribution in [1.82, 2.24) is 15.5 Å². The summed E-state index contributed by atoms with van der Waals surface area (Å²) >= 11 is 0. The van der Waals surface area contributed by atoms with Crippen molar-refractivity contribution in [3.05, 3.63) is 12.7 Å². The van der Waals surface area contributed by atoms with Gasteiger partial charge in [0.1, 0.15) is 0 Å². The van der Waals surface area contributed by atoms with Gasteiger partial charge in [0.05, 0.1) is 0 Å². The van der Waals surface area contributed by atoms with Crippen LogP contribution in [0.25, 0.3) is 0 Å². The van der Waals surface area contributed by atoms with Gasteiger partial charge in [0.2, 0.25) is 0 Å². The van der Waals surface area contributed by atoms with Gasteiger partial charge in [0, 0.05) is 26.7 Å². The lowest BCUT2D eigenvalue weighted by atomic mass is 10.0. The second kappa shape index (κ2) is 12.4. The number of guanidine groups is 1. The fraction of sp³-hybridized carbons (Fsp3) is 0.800. The highest BCUT2D eigenvalue weighted by atomic mass is 127. The Bertz CT molecular complexity index is 281. The van der Waals surface area contributed by atoms with Crippen LogP contribution in [0.5, 0.6) is 0 Å². The van der Waals surface area contributed by atoms with E-state index in [9.17, 15) is 0 Å². The van der Waals surface area contributed by atoms with Crippen LogP contribution in [0, 0.1) is 5.92 Å². The monoisotopic (exact) mass is 394 g/mol. The second-order valence-corrected chi connectivity index (χ2v) is 5.42. The quantitative estimate of drug-likeness (QED) is 0.229. The summed E-state index contributed by atoms with van der Waals surface area (Å²) in [7, 11) is 1.80. The smallest absolute Gasteiger partial charge is 0.191 e. The Morgan fingerprint density at radius 2 is 2.20 bits per heavy atom. The molecule has 118 valence electrons.